The van der Waals surface area contributed by atoms with Crippen LogP contribution in [0.15, 0.2) is 42.6 Å². The molecule has 1 atom stereocenters. The molecular formula is C19H20FN3O3S. The van der Waals surface area contributed by atoms with Crippen LogP contribution in [0.2, 0.25) is 0 Å². The number of sulfonamides is 1. The highest BCUT2D eigenvalue weighted by atomic mass is 32.2. The van der Waals surface area contributed by atoms with E-state index in [2.05, 4.69) is 4.98 Å². The molecule has 6 nitrogen and oxygen atoms in total. The van der Waals surface area contributed by atoms with E-state index in [-0.39, 0.29) is 18.0 Å². The van der Waals surface area contributed by atoms with Crippen molar-refractivity contribution < 1.29 is 17.6 Å². The summed E-state index contributed by atoms with van der Waals surface area (Å²) in [5.41, 5.74) is 1.95. The van der Waals surface area contributed by atoms with Gasteiger partial charge in [-0.05, 0) is 37.0 Å². The van der Waals surface area contributed by atoms with Crippen LogP contribution in [0, 0.1) is 5.95 Å². The smallest absolute Gasteiger partial charge is 0.254 e. The van der Waals surface area contributed by atoms with Crippen LogP contribution in [0.5, 0.6) is 0 Å². The fourth-order valence-electron chi connectivity index (χ4n) is 3.84. The number of para-hydroxylation sites is 1. The summed E-state index contributed by atoms with van der Waals surface area (Å²) < 4.78 is 41.3. The second kappa shape index (κ2) is 6.92. The van der Waals surface area contributed by atoms with Crippen LogP contribution in [-0.2, 0) is 16.4 Å². The van der Waals surface area contributed by atoms with E-state index in [4.69, 9.17) is 0 Å². The van der Waals surface area contributed by atoms with Crippen molar-refractivity contribution in [3.05, 3.63) is 59.7 Å². The fraction of sp³-hybridized carbons (Fsp3) is 0.368. The highest BCUT2D eigenvalue weighted by Crippen LogP contribution is 2.33. The van der Waals surface area contributed by atoms with E-state index in [0.29, 0.717) is 32.4 Å². The van der Waals surface area contributed by atoms with Gasteiger partial charge in [0.25, 0.3) is 5.91 Å². The first-order chi connectivity index (χ1) is 13.0. The number of pyridine rings is 1. The Morgan fingerprint density at radius 1 is 1.19 bits per heavy atom. The number of hydrogen-bond donors (Lipinski definition) is 0. The van der Waals surface area contributed by atoms with Gasteiger partial charge < -0.3 is 4.90 Å². The molecular weight excluding hydrogens is 369 g/mol. The fourth-order valence-corrected chi connectivity index (χ4v) is 5.83. The molecule has 0 saturated carbocycles. The maximum atomic E-state index is 13.3. The largest absolute Gasteiger partial charge is 0.337 e. The van der Waals surface area contributed by atoms with Crippen LogP contribution >= 0.6 is 0 Å². The third-order valence-electron chi connectivity index (χ3n) is 5.21. The number of fused-ring (bicyclic) bond motifs is 1. The number of hydrogen-bond acceptors (Lipinski definition) is 4. The lowest BCUT2D eigenvalue weighted by Gasteiger charge is -2.35. The van der Waals surface area contributed by atoms with Gasteiger partial charge in [-0.1, -0.05) is 18.2 Å². The number of amides is 1. The molecule has 1 aromatic heterocycles. The van der Waals surface area contributed by atoms with Crippen molar-refractivity contribution in [1.82, 2.24) is 9.88 Å². The third-order valence-corrected chi connectivity index (χ3v) is 7.43. The van der Waals surface area contributed by atoms with Crippen molar-refractivity contribution >= 4 is 21.6 Å². The molecule has 1 saturated heterocycles. The molecule has 1 aromatic carbocycles. The Morgan fingerprint density at radius 3 is 2.81 bits per heavy atom. The van der Waals surface area contributed by atoms with Gasteiger partial charge in [0, 0.05) is 37.5 Å². The molecule has 4 rings (SSSR count). The lowest BCUT2D eigenvalue weighted by atomic mass is 10.1. The van der Waals surface area contributed by atoms with Gasteiger partial charge in [-0.25, -0.2) is 13.4 Å². The summed E-state index contributed by atoms with van der Waals surface area (Å²) in [7, 11) is -3.58. The number of piperidine rings is 1. The Bertz CT molecular complexity index is 980. The molecule has 0 aliphatic carbocycles. The predicted molar refractivity (Wildman–Crippen MR) is 99.5 cm³/mol. The minimum atomic E-state index is -3.58. The summed E-state index contributed by atoms with van der Waals surface area (Å²) >= 11 is 0. The molecule has 1 fully saturated rings. The molecule has 2 aliphatic heterocycles. The standard InChI is InChI=1S/C19H20FN3O3S/c20-18-12-15(7-9-21-18)19(24)22-10-3-5-16(13-22)27(25,26)23-11-8-14-4-1-2-6-17(14)23/h1-2,4,6-7,9,12,16H,3,5,8,10-11,13H2/t16-/m1/s1. The number of nitrogens with zero attached hydrogens (tertiary/aromatic N) is 3. The molecule has 0 radical (unpaired) electrons. The van der Waals surface area contributed by atoms with E-state index in [9.17, 15) is 17.6 Å². The van der Waals surface area contributed by atoms with Gasteiger partial charge in [-0.2, -0.15) is 4.39 Å². The predicted octanol–water partition coefficient (Wildman–Crippen LogP) is 2.22. The molecule has 27 heavy (non-hydrogen) atoms. The van der Waals surface area contributed by atoms with E-state index in [1.165, 1.54) is 21.5 Å². The van der Waals surface area contributed by atoms with Crippen molar-refractivity contribution in [3.63, 3.8) is 0 Å². The van der Waals surface area contributed by atoms with Crippen molar-refractivity contribution in [2.45, 2.75) is 24.5 Å². The number of carbonyl (C=O) groups excluding carboxylic acids is 1. The zero-order valence-corrected chi connectivity index (χ0v) is 15.5. The average molecular weight is 389 g/mol. The number of aromatic nitrogens is 1. The molecule has 2 aliphatic rings. The number of rotatable bonds is 3. The molecule has 1 amide bonds. The van der Waals surface area contributed by atoms with Crippen LogP contribution in [0.3, 0.4) is 0 Å². The molecule has 0 bridgehead atoms. The Labute approximate surface area is 157 Å². The van der Waals surface area contributed by atoms with E-state index >= 15 is 0 Å². The van der Waals surface area contributed by atoms with Gasteiger partial charge in [0.05, 0.1) is 10.9 Å². The first kappa shape index (κ1) is 17.9. The molecule has 0 unspecified atom stereocenters. The van der Waals surface area contributed by atoms with Gasteiger partial charge in [-0.3, -0.25) is 9.10 Å². The van der Waals surface area contributed by atoms with Crippen LogP contribution in [0.4, 0.5) is 10.1 Å². The van der Waals surface area contributed by atoms with Crippen LogP contribution in [0.1, 0.15) is 28.8 Å². The Balaban J connectivity index is 1.55. The molecule has 0 N–H and O–H groups in total. The van der Waals surface area contributed by atoms with Gasteiger partial charge in [0.15, 0.2) is 0 Å². The monoisotopic (exact) mass is 389 g/mol. The van der Waals surface area contributed by atoms with Gasteiger partial charge in [0.2, 0.25) is 16.0 Å². The van der Waals surface area contributed by atoms with Gasteiger partial charge >= 0.3 is 0 Å². The lowest BCUT2D eigenvalue weighted by Crippen LogP contribution is -2.49. The van der Waals surface area contributed by atoms with E-state index in [1.807, 2.05) is 24.3 Å². The molecule has 8 heteroatoms. The van der Waals surface area contributed by atoms with Crippen molar-refractivity contribution in [2.24, 2.45) is 0 Å². The van der Waals surface area contributed by atoms with Crippen molar-refractivity contribution in [3.8, 4) is 0 Å². The second-order valence-electron chi connectivity index (χ2n) is 6.88. The maximum Gasteiger partial charge on any atom is 0.254 e. The van der Waals surface area contributed by atoms with E-state index in [0.717, 1.165) is 17.3 Å². The zero-order valence-electron chi connectivity index (χ0n) is 14.7. The lowest BCUT2D eigenvalue weighted by molar-refractivity contribution is 0.0726. The van der Waals surface area contributed by atoms with Crippen molar-refractivity contribution in [1.29, 1.82) is 0 Å². The van der Waals surface area contributed by atoms with Crippen LogP contribution in [-0.4, -0.2) is 49.1 Å². The van der Waals surface area contributed by atoms with Crippen LogP contribution in [0.25, 0.3) is 0 Å². The highest BCUT2D eigenvalue weighted by molar-refractivity contribution is 7.93. The van der Waals surface area contributed by atoms with E-state index in [1.54, 1.807) is 0 Å². The number of halogens is 1. The third kappa shape index (κ3) is 3.29. The van der Waals surface area contributed by atoms with Gasteiger partial charge in [-0.15, -0.1) is 0 Å². The normalized spacial score (nSPS) is 19.8. The Hall–Kier alpha value is -2.48. The Morgan fingerprint density at radius 2 is 2.00 bits per heavy atom. The minimum absolute atomic E-state index is 0.115. The molecule has 3 heterocycles. The summed E-state index contributed by atoms with van der Waals surface area (Å²) in [6, 6.07) is 10.0. The summed E-state index contributed by atoms with van der Waals surface area (Å²) in [4.78, 5) is 17.6. The summed E-state index contributed by atoms with van der Waals surface area (Å²) in [6.07, 6.45) is 3.04. The zero-order chi connectivity index (χ0) is 19.0. The van der Waals surface area contributed by atoms with Gasteiger partial charge in [0.1, 0.15) is 0 Å². The first-order valence-electron chi connectivity index (χ1n) is 8.97. The second-order valence-corrected chi connectivity index (χ2v) is 9.02. The SMILES string of the molecule is O=C(c1ccnc(F)c1)N1CCC[C@@H](S(=O)(=O)N2CCc3ccccc32)C1. The number of anilines is 1. The number of benzene rings is 1. The van der Waals surface area contributed by atoms with E-state index < -0.39 is 21.2 Å². The maximum absolute atomic E-state index is 13.3. The summed E-state index contributed by atoms with van der Waals surface area (Å²) in [5, 5.41) is -0.659. The summed E-state index contributed by atoms with van der Waals surface area (Å²) in [6.45, 7) is 1.01. The number of carbonyl (C=O) groups is 1. The summed E-state index contributed by atoms with van der Waals surface area (Å²) in [5.74, 6) is -1.09. The minimum Gasteiger partial charge on any atom is -0.337 e. The quantitative estimate of drug-likeness (QED) is 0.755. The molecule has 0 spiro atoms. The first-order valence-corrected chi connectivity index (χ1v) is 10.5. The molecule has 142 valence electrons. The average Bonchev–Trinajstić information content (AvgIpc) is 3.12. The highest BCUT2D eigenvalue weighted by Gasteiger charge is 2.39. The van der Waals surface area contributed by atoms with Crippen LogP contribution < -0.4 is 4.31 Å². The van der Waals surface area contributed by atoms with Crippen molar-refractivity contribution in [2.75, 3.05) is 23.9 Å². The number of likely N-dealkylation sites (tertiary alicyclic amines) is 1. The topological polar surface area (TPSA) is 70.6 Å². The molecule has 2 aromatic rings. The Kier molecular flexibility index (Phi) is 4.59.